The van der Waals surface area contributed by atoms with Crippen molar-refractivity contribution in [3.05, 3.63) is 17.5 Å². The van der Waals surface area contributed by atoms with Crippen molar-refractivity contribution in [2.75, 3.05) is 0 Å². The Morgan fingerprint density at radius 2 is 2.00 bits per heavy atom. The van der Waals surface area contributed by atoms with Crippen molar-refractivity contribution in [3.63, 3.8) is 0 Å². The minimum atomic E-state index is -1.14. The number of aryl methyl sites for hydroxylation is 1. The van der Waals surface area contributed by atoms with Gasteiger partial charge in [0.15, 0.2) is 5.69 Å². The van der Waals surface area contributed by atoms with E-state index in [1.807, 2.05) is 6.92 Å². The number of carboxylic acid groups (broad SMARTS) is 1. The second-order valence-corrected chi connectivity index (χ2v) is 5.57. The molecule has 0 fully saturated rings. The van der Waals surface area contributed by atoms with E-state index >= 15 is 0 Å². The molecule has 0 aromatic carbocycles. The highest BCUT2D eigenvalue weighted by Crippen LogP contribution is 2.10. The highest BCUT2D eigenvalue weighted by atomic mass is 16.4. The summed E-state index contributed by atoms with van der Waals surface area (Å²) in [5.74, 6) is -0.928. The molecule has 6 heteroatoms. The van der Waals surface area contributed by atoms with Crippen LogP contribution in [0.5, 0.6) is 0 Å². The predicted octanol–water partition coefficient (Wildman–Crippen LogP) is 2.06. The molecule has 1 atom stereocenters. The van der Waals surface area contributed by atoms with Gasteiger partial charge in [0.25, 0.3) is 5.91 Å². The summed E-state index contributed by atoms with van der Waals surface area (Å²) in [4.78, 5) is 23.1. The molecular formula is C14H23N3O3. The number of aromatic nitrogens is 2. The second kappa shape index (κ2) is 7.07. The zero-order chi connectivity index (χ0) is 15.3. The van der Waals surface area contributed by atoms with E-state index in [1.165, 1.54) is 10.9 Å². The van der Waals surface area contributed by atoms with Crippen LogP contribution in [0.25, 0.3) is 0 Å². The Kier molecular flexibility index (Phi) is 5.73. The van der Waals surface area contributed by atoms with Crippen LogP contribution in [0.2, 0.25) is 0 Å². The smallest absolute Gasteiger partial charge is 0.339 e. The second-order valence-electron chi connectivity index (χ2n) is 5.57. The summed E-state index contributed by atoms with van der Waals surface area (Å²) in [6.45, 7) is 6.24. The lowest BCUT2D eigenvalue weighted by atomic mass is 10.0. The van der Waals surface area contributed by atoms with Gasteiger partial charge in [0.05, 0.1) is 0 Å². The first-order valence-corrected chi connectivity index (χ1v) is 6.89. The monoisotopic (exact) mass is 281 g/mol. The number of aromatic carboxylic acids is 1. The number of carboxylic acids is 1. The lowest BCUT2D eigenvalue weighted by Crippen LogP contribution is -2.33. The van der Waals surface area contributed by atoms with E-state index in [-0.39, 0.29) is 17.3 Å². The summed E-state index contributed by atoms with van der Waals surface area (Å²) >= 11 is 0. The van der Waals surface area contributed by atoms with Crippen molar-refractivity contribution < 1.29 is 14.7 Å². The van der Waals surface area contributed by atoms with Gasteiger partial charge < -0.3 is 10.4 Å². The number of carbonyl (C=O) groups excluding carboxylic acids is 1. The zero-order valence-electron chi connectivity index (χ0n) is 12.5. The van der Waals surface area contributed by atoms with Crippen molar-refractivity contribution in [3.8, 4) is 0 Å². The van der Waals surface area contributed by atoms with Gasteiger partial charge in [-0.3, -0.25) is 9.48 Å². The molecule has 0 bridgehead atoms. The maximum Gasteiger partial charge on any atom is 0.339 e. The van der Waals surface area contributed by atoms with E-state index in [2.05, 4.69) is 24.3 Å². The number of hydrogen-bond acceptors (Lipinski definition) is 3. The van der Waals surface area contributed by atoms with E-state index < -0.39 is 11.9 Å². The fourth-order valence-electron chi connectivity index (χ4n) is 2.01. The molecule has 0 aliphatic heterocycles. The summed E-state index contributed by atoms with van der Waals surface area (Å²) in [5.41, 5.74) is -0.102. The first kappa shape index (κ1) is 16.2. The molecule has 1 amide bonds. The highest BCUT2D eigenvalue weighted by Gasteiger charge is 2.21. The standard InChI is InChI=1S/C14H23N3O3/c1-9(2)6-5-7-10(3)15-13(18)12-11(14(19)20)8-17(4)16-12/h8-10H,5-7H2,1-4H3,(H,15,18)(H,19,20)/t10-/m0/s1. The van der Waals surface area contributed by atoms with Gasteiger partial charge in [-0.1, -0.05) is 26.7 Å². The third-order valence-electron chi connectivity index (χ3n) is 3.07. The van der Waals surface area contributed by atoms with Crippen LogP contribution in [0.3, 0.4) is 0 Å². The molecule has 1 aromatic heterocycles. The molecule has 6 nitrogen and oxygen atoms in total. The summed E-state index contributed by atoms with van der Waals surface area (Å²) in [6, 6.07) is 0.00454. The van der Waals surface area contributed by atoms with Gasteiger partial charge in [-0.25, -0.2) is 4.79 Å². The van der Waals surface area contributed by atoms with Crippen LogP contribution < -0.4 is 5.32 Å². The molecule has 0 spiro atoms. The van der Waals surface area contributed by atoms with Gasteiger partial charge in [-0.05, 0) is 19.3 Å². The molecule has 1 heterocycles. The maximum absolute atomic E-state index is 12.0. The van der Waals surface area contributed by atoms with Crippen molar-refractivity contribution in [1.82, 2.24) is 15.1 Å². The van der Waals surface area contributed by atoms with E-state index in [0.717, 1.165) is 19.3 Å². The summed E-state index contributed by atoms with van der Waals surface area (Å²) in [6.07, 6.45) is 4.36. The molecule has 1 aromatic rings. The van der Waals surface area contributed by atoms with Crippen LogP contribution in [-0.2, 0) is 7.05 Å². The average Bonchev–Trinajstić information content (AvgIpc) is 2.71. The van der Waals surface area contributed by atoms with E-state index in [1.54, 1.807) is 7.05 Å². The van der Waals surface area contributed by atoms with Gasteiger partial charge in [-0.15, -0.1) is 0 Å². The average molecular weight is 281 g/mol. The largest absolute Gasteiger partial charge is 0.478 e. The minimum absolute atomic E-state index is 0.00454. The van der Waals surface area contributed by atoms with Crippen LogP contribution in [0.1, 0.15) is 60.9 Å². The fourth-order valence-corrected chi connectivity index (χ4v) is 2.01. The van der Waals surface area contributed by atoms with Gasteiger partial charge in [0.1, 0.15) is 5.56 Å². The highest BCUT2D eigenvalue weighted by molar-refractivity contribution is 6.03. The van der Waals surface area contributed by atoms with Crippen LogP contribution in [0, 0.1) is 5.92 Å². The third-order valence-corrected chi connectivity index (χ3v) is 3.07. The van der Waals surface area contributed by atoms with Crippen LogP contribution in [0.15, 0.2) is 6.20 Å². The molecule has 112 valence electrons. The first-order chi connectivity index (χ1) is 9.31. The van der Waals surface area contributed by atoms with E-state index in [0.29, 0.717) is 5.92 Å². The van der Waals surface area contributed by atoms with Crippen molar-refractivity contribution in [1.29, 1.82) is 0 Å². The SMILES string of the molecule is CC(C)CCC[C@H](C)NC(=O)c1nn(C)cc1C(=O)O. The van der Waals surface area contributed by atoms with Crippen molar-refractivity contribution in [2.45, 2.75) is 46.1 Å². The van der Waals surface area contributed by atoms with Gasteiger partial charge >= 0.3 is 5.97 Å². The first-order valence-electron chi connectivity index (χ1n) is 6.89. The molecule has 0 radical (unpaired) electrons. The number of nitrogens with one attached hydrogen (secondary N) is 1. The number of carbonyl (C=O) groups is 2. The van der Waals surface area contributed by atoms with Crippen molar-refractivity contribution in [2.24, 2.45) is 13.0 Å². The number of nitrogens with zero attached hydrogens (tertiary/aromatic N) is 2. The molecule has 0 aliphatic carbocycles. The molecule has 0 unspecified atom stereocenters. The Labute approximate surface area is 119 Å². The summed E-state index contributed by atoms with van der Waals surface area (Å²) in [5, 5.41) is 15.7. The molecule has 0 aliphatic rings. The van der Waals surface area contributed by atoms with Crippen LogP contribution >= 0.6 is 0 Å². The number of rotatable bonds is 7. The molecule has 0 saturated carbocycles. The van der Waals surface area contributed by atoms with Crippen molar-refractivity contribution >= 4 is 11.9 Å². The Hall–Kier alpha value is -1.85. The Bertz CT molecular complexity index is 480. The molecule has 1 rings (SSSR count). The van der Waals surface area contributed by atoms with E-state index in [4.69, 9.17) is 5.11 Å². The predicted molar refractivity (Wildman–Crippen MR) is 75.8 cm³/mol. The van der Waals surface area contributed by atoms with Crippen LogP contribution in [0.4, 0.5) is 0 Å². The van der Waals surface area contributed by atoms with Gasteiger partial charge in [0.2, 0.25) is 0 Å². The molecule has 0 saturated heterocycles. The molecular weight excluding hydrogens is 258 g/mol. The van der Waals surface area contributed by atoms with Crippen LogP contribution in [-0.4, -0.2) is 32.8 Å². The van der Waals surface area contributed by atoms with E-state index in [9.17, 15) is 9.59 Å². The van der Waals surface area contributed by atoms with Gasteiger partial charge in [0, 0.05) is 19.3 Å². The Morgan fingerprint density at radius 1 is 1.35 bits per heavy atom. The zero-order valence-corrected chi connectivity index (χ0v) is 12.5. The number of hydrogen-bond donors (Lipinski definition) is 2. The number of amides is 1. The fraction of sp³-hybridized carbons (Fsp3) is 0.643. The molecule has 20 heavy (non-hydrogen) atoms. The Balaban J connectivity index is 2.60. The third kappa shape index (κ3) is 4.68. The molecule has 2 N–H and O–H groups in total. The lowest BCUT2D eigenvalue weighted by Gasteiger charge is -2.13. The summed E-state index contributed by atoms with van der Waals surface area (Å²) in [7, 11) is 1.59. The normalized spacial score (nSPS) is 12.4. The quantitative estimate of drug-likeness (QED) is 0.801. The maximum atomic E-state index is 12.0. The lowest BCUT2D eigenvalue weighted by molar-refractivity contribution is 0.0690. The minimum Gasteiger partial charge on any atom is -0.478 e. The topological polar surface area (TPSA) is 84.2 Å². The Morgan fingerprint density at radius 3 is 2.55 bits per heavy atom. The summed E-state index contributed by atoms with van der Waals surface area (Å²) < 4.78 is 1.34. The van der Waals surface area contributed by atoms with Gasteiger partial charge in [-0.2, -0.15) is 5.10 Å².